The third-order valence-electron chi connectivity index (χ3n) is 1.85. The summed E-state index contributed by atoms with van der Waals surface area (Å²) in [5.74, 6) is -0.934. The molecule has 0 radical (unpaired) electrons. The summed E-state index contributed by atoms with van der Waals surface area (Å²) in [5, 5.41) is 11.5. The maximum atomic E-state index is 10.3. The van der Waals surface area contributed by atoms with Crippen LogP contribution in [0.5, 0.6) is 0 Å². The number of carboxylic acids is 1. The summed E-state index contributed by atoms with van der Waals surface area (Å²) < 4.78 is 0. The molecule has 0 amide bonds. The zero-order valence-corrected chi connectivity index (χ0v) is 8.34. The Morgan fingerprint density at radius 1 is 1.62 bits per heavy atom. The molecule has 0 fully saturated rings. The number of aliphatic carboxylic acids is 1. The Morgan fingerprint density at radius 3 is 2.69 bits per heavy atom. The molecule has 0 aliphatic carbocycles. The molecule has 4 nitrogen and oxygen atoms in total. The topological polar surface area (TPSA) is 52.6 Å². The Labute approximate surface area is 79.2 Å². The number of hydrogen-bond acceptors (Lipinski definition) is 3. The number of carboxylic acid groups (broad SMARTS) is 1. The van der Waals surface area contributed by atoms with Crippen LogP contribution in [0.1, 0.15) is 6.92 Å². The van der Waals surface area contributed by atoms with Gasteiger partial charge in [-0.1, -0.05) is 13.5 Å². The lowest BCUT2D eigenvalue weighted by Crippen LogP contribution is -2.30. The molecule has 0 aliphatic rings. The Kier molecular flexibility index (Phi) is 6.18. The molecule has 0 saturated carbocycles. The largest absolute Gasteiger partial charge is 0.478 e. The minimum Gasteiger partial charge on any atom is -0.478 e. The predicted octanol–water partition coefficient (Wildman–Crippen LogP) is 0.169. The summed E-state index contributed by atoms with van der Waals surface area (Å²) in [6.45, 7) is 8.56. The van der Waals surface area contributed by atoms with E-state index in [0.29, 0.717) is 6.54 Å². The lowest BCUT2D eigenvalue weighted by Gasteiger charge is -2.13. The van der Waals surface area contributed by atoms with E-state index in [0.717, 1.165) is 19.6 Å². The van der Waals surface area contributed by atoms with Crippen LogP contribution in [0.3, 0.4) is 0 Å². The van der Waals surface area contributed by atoms with Crippen LogP contribution in [0, 0.1) is 0 Å². The summed E-state index contributed by atoms with van der Waals surface area (Å²) in [6, 6.07) is 0. The number of hydrogen-bond donors (Lipinski definition) is 2. The van der Waals surface area contributed by atoms with Gasteiger partial charge in [-0.2, -0.15) is 0 Å². The second kappa shape index (κ2) is 6.62. The molecule has 0 aliphatic heterocycles. The molecule has 2 N–H and O–H groups in total. The summed E-state index contributed by atoms with van der Waals surface area (Å²) in [7, 11) is 2.02. The van der Waals surface area contributed by atoms with E-state index >= 15 is 0 Å². The fourth-order valence-electron chi connectivity index (χ4n) is 0.743. The molecule has 0 bridgehead atoms. The number of nitrogens with one attached hydrogen (secondary N) is 1. The van der Waals surface area contributed by atoms with Gasteiger partial charge in [-0.15, -0.1) is 0 Å². The van der Waals surface area contributed by atoms with Crippen molar-refractivity contribution in [2.75, 3.05) is 33.2 Å². The average Bonchev–Trinajstić information content (AvgIpc) is 2.11. The van der Waals surface area contributed by atoms with Crippen molar-refractivity contribution >= 4 is 5.97 Å². The fourth-order valence-corrected chi connectivity index (χ4v) is 0.743. The van der Waals surface area contributed by atoms with Crippen LogP contribution in [0.2, 0.25) is 0 Å². The van der Waals surface area contributed by atoms with Gasteiger partial charge in [0.15, 0.2) is 0 Å². The molecule has 0 heterocycles. The van der Waals surface area contributed by atoms with Crippen LogP contribution < -0.4 is 5.32 Å². The minimum atomic E-state index is -0.934. The van der Waals surface area contributed by atoms with E-state index in [1.54, 1.807) is 0 Å². The standard InChI is InChI=1S/C9H18N2O2/c1-4-11(3)6-5-10-7-8(2)9(12)13/h10H,2,4-7H2,1,3H3,(H,12,13). The summed E-state index contributed by atoms with van der Waals surface area (Å²) in [4.78, 5) is 12.5. The van der Waals surface area contributed by atoms with E-state index in [9.17, 15) is 4.79 Å². The maximum Gasteiger partial charge on any atom is 0.332 e. The highest BCUT2D eigenvalue weighted by atomic mass is 16.4. The van der Waals surface area contributed by atoms with Crippen molar-refractivity contribution in [3.8, 4) is 0 Å². The molecule has 76 valence electrons. The third kappa shape index (κ3) is 6.31. The van der Waals surface area contributed by atoms with Crippen LogP contribution in [0.4, 0.5) is 0 Å². The van der Waals surface area contributed by atoms with E-state index in [4.69, 9.17) is 5.11 Å². The Bertz CT molecular complexity index is 180. The molecule has 4 heteroatoms. The Morgan fingerprint density at radius 2 is 2.23 bits per heavy atom. The van der Waals surface area contributed by atoms with E-state index in [-0.39, 0.29) is 5.57 Å². The fraction of sp³-hybridized carbons (Fsp3) is 0.667. The van der Waals surface area contributed by atoms with Gasteiger partial charge in [-0.05, 0) is 13.6 Å². The molecule has 0 aromatic heterocycles. The first-order valence-electron chi connectivity index (χ1n) is 4.38. The lowest BCUT2D eigenvalue weighted by molar-refractivity contribution is -0.132. The molecule has 0 unspecified atom stereocenters. The predicted molar refractivity (Wildman–Crippen MR) is 52.8 cm³/mol. The molecular formula is C9H18N2O2. The molecule has 13 heavy (non-hydrogen) atoms. The molecule has 0 aromatic carbocycles. The van der Waals surface area contributed by atoms with Gasteiger partial charge in [0.1, 0.15) is 0 Å². The minimum absolute atomic E-state index is 0.208. The average molecular weight is 186 g/mol. The van der Waals surface area contributed by atoms with Crippen molar-refractivity contribution in [2.45, 2.75) is 6.92 Å². The highest BCUT2D eigenvalue weighted by molar-refractivity contribution is 5.86. The van der Waals surface area contributed by atoms with Crippen molar-refractivity contribution in [2.24, 2.45) is 0 Å². The molecule has 0 aromatic rings. The van der Waals surface area contributed by atoms with Crippen LogP contribution in [-0.2, 0) is 4.79 Å². The highest BCUT2D eigenvalue weighted by Crippen LogP contribution is 1.86. The molecule has 0 spiro atoms. The summed E-state index contributed by atoms with van der Waals surface area (Å²) in [6.07, 6.45) is 0. The van der Waals surface area contributed by atoms with Gasteiger partial charge in [-0.3, -0.25) is 0 Å². The Hall–Kier alpha value is -0.870. The van der Waals surface area contributed by atoms with Crippen molar-refractivity contribution in [3.63, 3.8) is 0 Å². The van der Waals surface area contributed by atoms with Gasteiger partial charge < -0.3 is 15.3 Å². The Balaban J connectivity index is 3.36. The van der Waals surface area contributed by atoms with Crippen molar-refractivity contribution in [1.82, 2.24) is 10.2 Å². The first-order valence-corrected chi connectivity index (χ1v) is 4.38. The van der Waals surface area contributed by atoms with E-state index in [1.165, 1.54) is 0 Å². The van der Waals surface area contributed by atoms with Gasteiger partial charge in [-0.25, -0.2) is 4.79 Å². The first-order chi connectivity index (χ1) is 6.07. The highest BCUT2D eigenvalue weighted by Gasteiger charge is 2.02. The normalized spacial score (nSPS) is 10.4. The summed E-state index contributed by atoms with van der Waals surface area (Å²) >= 11 is 0. The first kappa shape index (κ1) is 12.1. The van der Waals surface area contributed by atoms with Crippen molar-refractivity contribution < 1.29 is 9.90 Å². The summed E-state index contributed by atoms with van der Waals surface area (Å²) in [5.41, 5.74) is 0.208. The van der Waals surface area contributed by atoms with E-state index in [2.05, 4.69) is 23.7 Å². The zero-order chi connectivity index (χ0) is 10.3. The molecule has 0 atom stereocenters. The number of carbonyl (C=O) groups is 1. The number of nitrogens with zero attached hydrogens (tertiary/aromatic N) is 1. The SMILES string of the molecule is C=C(CNCCN(C)CC)C(=O)O. The maximum absolute atomic E-state index is 10.3. The van der Waals surface area contributed by atoms with Gasteiger partial charge in [0.25, 0.3) is 0 Å². The van der Waals surface area contributed by atoms with Crippen molar-refractivity contribution in [1.29, 1.82) is 0 Å². The second-order valence-electron chi connectivity index (χ2n) is 2.98. The van der Waals surface area contributed by atoms with Gasteiger partial charge in [0, 0.05) is 25.2 Å². The zero-order valence-electron chi connectivity index (χ0n) is 8.34. The monoisotopic (exact) mass is 186 g/mol. The van der Waals surface area contributed by atoms with E-state index in [1.807, 2.05) is 7.05 Å². The van der Waals surface area contributed by atoms with Crippen LogP contribution in [0.25, 0.3) is 0 Å². The second-order valence-corrected chi connectivity index (χ2v) is 2.98. The van der Waals surface area contributed by atoms with Crippen LogP contribution in [-0.4, -0.2) is 49.2 Å². The third-order valence-corrected chi connectivity index (χ3v) is 1.85. The van der Waals surface area contributed by atoms with Gasteiger partial charge in [0.2, 0.25) is 0 Å². The number of rotatable bonds is 7. The molecule has 0 saturated heterocycles. The quantitative estimate of drug-likeness (QED) is 0.439. The van der Waals surface area contributed by atoms with E-state index < -0.39 is 5.97 Å². The van der Waals surface area contributed by atoms with Crippen molar-refractivity contribution in [3.05, 3.63) is 12.2 Å². The smallest absolute Gasteiger partial charge is 0.332 e. The molecular weight excluding hydrogens is 168 g/mol. The number of likely N-dealkylation sites (N-methyl/N-ethyl adjacent to an activating group) is 1. The van der Waals surface area contributed by atoms with Gasteiger partial charge in [0.05, 0.1) is 0 Å². The van der Waals surface area contributed by atoms with Gasteiger partial charge >= 0.3 is 5.97 Å². The van der Waals surface area contributed by atoms with Crippen LogP contribution in [0.15, 0.2) is 12.2 Å². The van der Waals surface area contributed by atoms with Crippen LogP contribution >= 0.6 is 0 Å². The lowest BCUT2D eigenvalue weighted by atomic mass is 10.3. The molecule has 0 rings (SSSR count).